The summed E-state index contributed by atoms with van der Waals surface area (Å²) in [4.78, 5) is 2.45. The lowest BCUT2D eigenvalue weighted by atomic mass is 9.85. The highest BCUT2D eigenvalue weighted by atomic mass is 32.2. The van der Waals surface area contributed by atoms with Gasteiger partial charge in [-0.2, -0.15) is 4.31 Å². The molecule has 2 heterocycles. The van der Waals surface area contributed by atoms with Crippen LogP contribution in [-0.2, 0) is 16.4 Å². The van der Waals surface area contributed by atoms with Gasteiger partial charge in [0.15, 0.2) is 0 Å². The van der Waals surface area contributed by atoms with Crippen molar-refractivity contribution in [2.24, 2.45) is 0 Å². The molecule has 0 spiro atoms. The second-order valence-electron chi connectivity index (χ2n) is 7.77. The van der Waals surface area contributed by atoms with Crippen molar-refractivity contribution in [3.63, 3.8) is 0 Å². The predicted molar refractivity (Wildman–Crippen MR) is 98.5 cm³/mol. The lowest BCUT2D eigenvalue weighted by molar-refractivity contribution is 0.116. The Balaban J connectivity index is 1.90. The van der Waals surface area contributed by atoms with E-state index in [4.69, 9.17) is 0 Å². The van der Waals surface area contributed by atoms with Crippen LogP contribution in [0.25, 0.3) is 0 Å². The van der Waals surface area contributed by atoms with Crippen LogP contribution >= 0.6 is 0 Å². The van der Waals surface area contributed by atoms with Crippen molar-refractivity contribution in [1.29, 1.82) is 0 Å². The number of likely N-dealkylation sites (tertiary alicyclic amines) is 1. The Kier molecular flexibility index (Phi) is 5.05. The largest absolute Gasteiger partial charge is 0.298 e. The summed E-state index contributed by atoms with van der Waals surface area (Å²) in [7, 11) is -1.00. The van der Waals surface area contributed by atoms with E-state index in [1.807, 2.05) is 10.4 Å². The molecule has 0 saturated carbocycles. The summed E-state index contributed by atoms with van der Waals surface area (Å²) in [5.74, 6) is 0. The second kappa shape index (κ2) is 6.77. The zero-order valence-electron chi connectivity index (χ0n) is 15.1. The van der Waals surface area contributed by atoms with Gasteiger partial charge in [-0.1, -0.05) is 43.2 Å². The number of benzene rings is 1. The molecule has 0 amide bonds. The van der Waals surface area contributed by atoms with Gasteiger partial charge in [-0.3, -0.25) is 4.90 Å². The third-order valence-corrected chi connectivity index (χ3v) is 7.46. The van der Waals surface area contributed by atoms with E-state index in [0.29, 0.717) is 18.6 Å². The van der Waals surface area contributed by atoms with E-state index >= 15 is 0 Å². The molecule has 2 saturated heterocycles. The number of nitrogens with zero attached hydrogens (tertiary/aromatic N) is 2. The van der Waals surface area contributed by atoms with Crippen LogP contribution in [0.1, 0.15) is 44.6 Å². The van der Waals surface area contributed by atoms with Crippen molar-refractivity contribution in [2.75, 3.05) is 19.8 Å². The highest BCUT2D eigenvalue weighted by molar-refractivity contribution is 7.88. The SMILES string of the molecule is CN1[C@H](Cc2ccccc2)C[C@@]2(C)[C@@H]1CCCCCN2S(C)(=O)=O. The first-order valence-electron chi connectivity index (χ1n) is 9.06. The molecule has 0 aromatic heterocycles. The molecule has 0 unspecified atom stereocenters. The fourth-order valence-electron chi connectivity index (χ4n) is 4.91. The summed E-state index contributed by atoms with van der Waals surface area (Å²) in [5.41, 5.74) is 1.04. The average molecular weight is 351 g/mol. The Labute approximate surface area is 146 Å². The van der Waals surface area contributed by atoms with E-state index in [1.54, 1.807) is 0 Å². The Bertz CT molecular complexity index is 661. The van der Waals surface area contributed by atoms with Gasteiger partial charge >= 0.3 is 0 Å². The van der Waals surface area contributed by atoms with Gasteiger partial charge in [0.1, 0.15) is 0 Å². The molecule has 3 rings (SSSR count). The maximum absolute atomic E-state index is 12.5. The van der Waals surface area contributed by atoms with Crippen molar-refractivity contribution in [2.45, 2.75) is 63.1 Å². The van der Waals surface area contributed by atoms with Gasteiger partial charge < -0.3 is 0 Å². The van der Waals surface area contributed by atoms with Crippen molar-refractivity contribution in [3.05, 3.63) is 35.9 Å². The molecule has 1 aromatic carbocycles. The van der Waals surface area contributed by atoms with Gasteiger partial charge in [0.05, 0.1) is 6.26 Å². The molecule has 24 heavy (non-hydrogen) atoms. The zero-order chi connectivity index (χ0) is 17.4. The van der Waals surface area contributed by atoms with Crippen LogP contribution in [0.2, 0.25) is 0 Å². The molecular formula is C19H30N2O2S. The minimum Gasteiger partial charge on any atom is -0.298 e. The predicted octanol–water partition coefficient (Wildman–Crippen LogP) is 2.90. The van der Waals surface area contributed by atoms with Crippen LogP contribution in [-0.4, -0.2) is 55.1 Å². The van der Waals surface area contributed by atoms with E-state index in [2.05, 4.69) is 43.1 Å². The smallest absolute Gasteiger partial charge is 0.211 e. The first-order valence-corrected chi connectivity index (χ1v) is 10.9. The first-order chi connectivity index (χ1) is 11.3. The summed E-state index contributed by atoms with van der Waals surface area (Å²) in [6.07, 6.45) is 7.65. The molecule has 1 aromatic rings. The van der Waals surface area contributed by atoms with Crippen molar-refractivity contribution in [3.8, 4) is 0 Å². The minimum atomic E-state index is -3.19. The van der Waals surface area contributed by atoms with Gasteiger partial charge in [0, 0.05) is 24.2 Å². The number of sulfonamides is 1. The zero-order valence-corrected chi connectivity index (χ0v) is 15.9. The van der Waals surface area contributed by atoms with E-state index in [0.717, 1.165) is 32.1 Å². The number of hydrogen-bond acceptors (Lipinski definition) is 3. The number of hydrogen-bond donors (Lipinski definition) is 0. The Hall–Kier alpha value is -0.910. The first kappa shape index (κ1) is 17.9. The molecular weight excluding hydrogens is 320 g/mol. The molecule has 0 aliphatic carbocycles. The number of rotatable bonds is 3. The van der Waals surface area contributed by atoms with Gasteiger partial charge in [0.25, 0.3) is 0 Å². The van der Waals surface area contributed by atoms with E-state index in [1.165, 1.54) is 18.2 Å². The third-order valence-electron chi connectivity index (χ3n) is 6.06. The summed E-state index contributed by atoms with van der Waals surface area (Å²) in [6.45, 7) is 2.84. The number of likely N-dealkylation sites (N-methyl/N-ethyl adjacent to an activating group) is 1. The summed E-state index contributed by atoms with van der Waals surface area (Å²) < 4.78 is 26.8. The fourth-order valence-corrected chi connectivity index (χ4v) is 6.32. The lowest BCUT2D eigenvalue weighted by Crippen LogP contribution is -2.57. The molecule has 2 aliphatic rings. The highest BCUT2D eigenvalue weighted by Crippen LogP contribution is 2.43. The molecule has 5 heteroatoms. The standard InChI is InChI=1S/C19H30N2O2S/c1-19-15-17(14-16-10-6-4-7-11-16)20(2)18(19)12-8-5-9-13-21(19)24(3,22)23/h4,6-7,10-11,17-18H,5,8-9,12-15H2,1-3H3/t17-,18+,19+/m1/s1. The summed E-state index contributed by atoms with van der Waals surface area (Å²) in [5, 5.41) is 0. The second-order valence-corrected chi connectivity index (χ2v) is 9.68. The molecule has 0 N–H and O–H groups in total. The molecule has 134 valence electrons. The molecule has 2 aliphatic heterocycles. The van der Waals surface area contributed by atoms with E-state index in [-0.39, 0.29) is 5.54 Å². The van der Waals surface area contributed by atoms with Crippen LogP contribution in [0.4, 0.5) is 0 Å². The van der Waals surface area contributed by atoms with Gasteiger partial charge in [-0.05, 0) is 45.2 Å². The average Bonchev–Trinajstić information content (AvgIpc) is 2.71. The molecule has 0 radical (unpaired) electrons. The van der Waals surface area contributed by atoms with Crippen molar-refractivity contribution in [1.82, 2.24) is 9.21 Å². The Morgan fingerprint density at radius 1 is 1.17 bits per heavy atom. The van der Waals surface area contributed by atoms with Gasteiger partial charge in [0.2, 0.25) is 10.0 Å². The van der Waals surface area contributed by atoms with Crippen LogP contribution in [0, 0.1) is 0 Å². The molecule has 0 bridgehead atoms. The molecule has 4 nitrogen and oxygen atoms in total. The topological polar surface area (TPSA) is 40.6 Å². The van der Waals surface area contributed by atoms with Crippen LogP contribution < -0.4 is 0 Å². The monoisotopic (exact) mass is 350 g/mol. The summed E-state index contributed by atoms with van der Waals surface area (Å²) >= 11 is 0. The molecule has 2 fully saturated rings. The minimum absolute atomic E-state index is 0.289. The Morgan fingerprint density at radius 3 is 2.54 bits per heavy atom. The van der Waals surface area contributed by atoms with Crippen LogP contribution in [0.3, 0.4) is 0 Å². The quantitative estimate of drug-likeness (QED) is 0.842. The van der Waals surface area contributed by atoms with Gasteiger partial charge in [-0.25, -0.2) is 8.42 Å². The maximum atomic E-state index is 12.5. The number of fused-ring (bicyclic) bond motifs is 1. The van der Waals surface area contributed by atoms with Crippen molar-refractivity contribution >= 4 is 10.0 Å². The van der Waals surface area contributed by atoms with E-state index < -0.39 is 10.0 Å². The normalized spacial score (nSPS) is 33.0. The van der Waals surface area contributed by atoms with Crippen LogP contribution in [0.15, 0.2) is 30.3 Å². The van der Waals surface area contributed by atoms with Crippen molar-refractivity contribution < 1.29 is 8.42 Å². The Morgan fingerprint density at radius 2 is 1.88 bits per heavy atom. The fraction of sp³-hybridized carbons (Fsp3) is 0.684. The third kappa shape index (κ3) is 3.39. The summed E-state index contributed by atoms with van der Waals surface area (Å²) in [6, 6.07) is 11.2. The lowest BCUT2D eigenvalue weighted by Gasteiger charge is -2.43. The van der Waals surface area contributed by atoms with Crippen LogP contribution in [0.5, 0.6) is 0 Å². The maximum Gasteiger partial charge on any atom is 0.211 e. The molecule has 3 atom stereocenters. The highest BCUT2D eigenvalue weighted by Gasteiger charge is 2.53. The van der Waals surface area contributed by atoms with Gasteiger partial charge in [-0.15, -0.1) is 0 Å². The van der Waals surface area contributed by atoms with E-state index in [9.17, 15) is 8.42 Å².